The fraction of sp³-hybridized carbons (Fsp3) is 1.00. The minimum absolute atomic E-state index is 0.659. The van der Waals surface area contributed by atoms with Crippen molar-refractivity contribution in [3.05, 3.63) is 0 Å². The van der Waals surface area contributed by atoms with Crippen LogP contribution in [-0.2, 0) is 23.7 Å². The fourth-order valence-electron chi connectivity index (χ4n) is 4.25. The van der Waals surface area contributed by atoms with Crippen LogP contribution in [0.3, 0.4) is 0 Å². The summed E-state index contributed by atoms with van der Waals surface area (Å²) in [5.74, 6) is 0. The summed E-state index contributed by atoms with van der Waals surface area (Å²) < 4.78 is 27.5. The zero-order valence-corrected chi connectivity index (χ0v) is 18.3. The van der Waals surface area contributed by atoms with E-state index < -0.39 is 112 Å². The zero-order valence-electron chi connectivity index (χ0n) is 18.3. The summed E-state index contributed by atoms with van der Waals surface area (Å²) in [4.78, 5) is 0. The van der Waals surface area contributed by atoms with Crippen LogP contribution in [0.1, 0.15) is 6.92 Å². The van der Waals surface area contributed by atoms with Gasteiger partial charge in [-0.05, 0) is 6.92 Å². The van der Waals surface area contributed by atoms with Crippen molar-refractivity contribution >= 4 is 0 Å². The van der Waals surface area contributed by atoms with Crippen molar-refractivity contribution in [2.45, 2.75) is 98.9 Å². The molecule has 1 unspecified atom stereocenters. The molecule has 0 spiro atoms. The molecule has 3 rings (SSSR count). The molecule has 3 heterocycles. The van der Waals surface area contributed by atoms with E-state index in [1.807, 2.05) is 0 Å². The summed E-state index contributed by atoms with van der Waals surface area (Å²) in [5, 5.41) is 99.9. The molecule has 0 bridgehead atoms. The Morgan fingerprint density at radius 2 is 0.912 bits per heavy atom. The molecule has 0 aromatic heterocycles. The molecule has 0 radical (unpaired) electrons. The number of rotatable bonds is 7. The Morgan fingerprint density at radius 3 is 1.32 bits per heavy atom. The maximum absolute atomic E-state index is 10.7. The zero-order chi connectivity index (χ0) is 25.3. The van der Waals surface area contributed by atoms with Crippen molar-refractivity contribution in [2.75, 3.05) is 19.8 Å². The molecule has 3 fully saturated rings. The third-order valence-corrected chi connectivity index (χ3v) is 6.36. The van der Waals surface area contributed by atoms with E-state index in [1.54, 1.807) is 0 Å². The molecule has 0 aliphatic carbocycles. The second kappa shape index (κ2) is 11.6. The summed E-state index contributed by atoms with van der Waals surface area (Å²) in [7, 11) is 0. The number of hydrogen-bond donors (Lipinski definition) is 10. The largest absolute Gasteiger partial charge is 0.394 e. The van der Waals surface area contributed by atoms with Gasteiger partial charge in [-0.2, -0.15) is 0 Å². The van der Waals surface area contributed by atoms with Crippen molar-refractivity contribution in [2.24, 2.45) is 0 Å². The van der Waals surface area contributed by atoms with Crippen LogP contribution in [0.4, 0.5) is 0 Å². The van der Waals surface area contributed by atoms with Gasteiger partial charge in [-0.3, -0.25) is 0 Å². The first-order chi connectivity index (χ1) is 16.0. The topological polar surface area (TPSA) is 248 Å². The third kappa shape index (κ3) is 5.39. The Balaban J connectivity index is 1.84. The van der Waals surface area contributed by atoms with Crippen molar-refractivity contribution < 1.29 is 74.7 Å². The van der Waals surface area contributed by atoms with Crippen molar-refractivity contribution in [3.63, 3.8) is 0 Å². The Labute approximate surface area is 194 Å². The molecule has 15 heteroatoms. The molecule has 3 saturated heterocycles. The quantitative estimate of drug-likeness (QED) is 0.155. The summed E-state index contributed by atoms with van der Waals surface area (Å²) >= 11 is 0. The highest BCUT2D eigenvalue weighted by atomic mass is 16.7. The maximum atomic E-state index is 10.7. The SMILES string of the molecule is CC1O[C@H](CO)[C@@H](O[C@@H]2O[C@H](CO)[C@@H](O)[C@H](O)[C@H]2O)[C@H](O[C@@H]2O[C@H](CO)[C@@H](O)[C@H](O)[C@H]2O)[C@H]1O. The summed E-state index contributed by atoms with van der Waals surface area (Å²) in [5.41, 5.74) is 0. The van der Waals surface area contributed by atoms with E-state index in [4.69, 9.17) is 23.7 Å². The van der Waals surface area contributed by atoms with E-state index in [-0.39, 0.29) is 0 Å². The predicted molar refractivity (Wildman–Crippen MR) is 105 cm³/mol. The van der Waals surface area contributed by atoms with E-state index in [2.05, 4.69) is 0 Å². The van der Waals surface area contributed by atoms with Crippen LogP contribution >= 0.6 is 0 Å². The van der Waals surface area contributed by atoms with Gasteiger partial charge in [0.25, 0.3) is 0 Å². The third-order valence-electron chi connectivity index (χ3n) is 6.36. The fourth-order valence-corrected chi connectivity index (χ4v) is 4.25. The van der Waals surface area contributed by atoms with E-state index >= 15 is 0 Å². The van der Waals surface area contributed by atoms with Crippen molar-refractivity contribution in [3.8, 4) is 0 Å². The van der Waals surface area contributed by atoms with Gasteiger partial charge < -0.3 is 74.7 Å². The van der Waals surface area contributed by atoms with Gasteiger partial charge in [0.1, 0.15) is 73.2 Å². The Morgan fingerprint density at radius 1 is 0.500 bits per heavy atom. The molecule has 10 N–H and O–H groups in total. The Bertz CT molecular complexity index is 599. The van der Waals surface area contributed by atoms with Crippen LogP contribution in [0.25, 0.3) is 0 Å². The highest BCUT2D eigenvalue weighted by Crippen LogP contribution is 2.33. The Hall–Kier alpha value is -0.600. The molecule has 3 aliphatic rings. The minimum atomic E-state index is -1.80. The van der Waals surface area contributed by atoms with Gasteiger partial charge in [0, 0.05) is 0 Å². The first-order valence-electron chi connectivity index (χ1n) is 10.9. The number of ether oxygens (including phenoxy) is 5. The monoisotopic (exact) mass is 502 g/mol. The molecule has 0 saturated carbocycles. The van der Waals surface area contributed by atoms with Crippen LogP contribution in [0.5, 0.6) is 0 Å². The lowest BCUT2D eigenvalue weighted by Gasteiger charge is -2.48. The lowest BCUT2D eigenvalue weighted by Crippen LogP contribution is -2.66. The van der Waals surface area contributed by atoms with Gasteiger partial charge in [-0.15, -0.1) is 0 Å². The van der Waals surface area contributed by atoms with Crippen molar-refractivity contribution in [1.82, 2.24) is 0 Å². The molecule has 0 amide bonds. The Kier molecular flexibility index (Phi) is 9.57. The molecule has 0 aromatic carbocycles. The second-order valence-corrected chi connectivity index (χ2v) is 8.65. The van der Waals surface area contributed by atoms with E-state index in [0.717, 1.165) is 0 Å². The van der Waals surface area contributed by atoms with Gasteiger partial charge in [0.2, 0.25) is 0 Å². The molecule has 200 valence electrons. The van der Waals surface area contributed by atoms with Gasteiger partial charge in [0.05, 0.1) is 25.9 Å². The standard InChI is InChI=1S/C19H34O15/c1-5-9(23)17(34-19-15(29)13(27)11(25)7(3-21)32-19)16(8(4-22)30-5)33-18-14(28)12(26)10(24)6(2-20)31-18/h5-29H,2-4H2,1H3/t5?,6-,7-,8-,9+,10-,11-,12+,13+,14-,15-,16-,17-,18+,19+/m1/s1. The first-order valence-corrected chi connectivity index (χ1v) is 10.9. The number of hydrogen-bond acceptors (Lipinski definition) is 15. The predicted octanol–water partition coefficient (Wildman–Crippen LogP) is -6.50. The first kappa shape index (κ1) is 28.0. The van der Waals surface area contributed by atoms with Crippen LogP contribution in [0, 0.1) is 0 Å². The molecule has 34 heavy (non-hydrogen) atoms. The smallest absolute Gasteiger partial charge is 0.187 e. The minimum Gasteiger partial charge on any atom is -0.394 e. The van der Waals surface area contributed by atoms with Gasteiger partial charge in [0.15, 0.2) is 12.6 Å². The molecule has 15 nitrogen and oxygen atoms in total. The average Bonchev–Trinajstić information content (AvgIpc) is 2.83. The highest BCUT2D eigenvalue weighted by molar-refractivity contribution is 4.97. The molecule has 0 aromatic rings. The summed E-state index contributed by atoms with van der Waals surface area (Å²) in [6, 6.07) is 0. The number of aliphatic hydroxyl groups excluding tert-OH is 10. The number of aliphatic hydroxyl groups is 10. The van der Waals surface area contributed by atoms with E-state index in [9.17, 15) is 51.1 Å². The molecule has 15 atom stereocenters. The highest BCUT2D eigenvalue weighted by Gasteiger charge is 2.53. The van der Waals surface area contributed by atoms with Crippen LogP contribution in [-0.4, -0.2) is 163 Å². The van der Waals surface area contributed by atoms with Crippen LogP contribution < -0.4 is 0 Å². The maximum Gasteiger partial charge on any atom is 0.187 e. The lowest BCUT2D eigenvalue weighted by molar-refractivity contribution is -0.370. The van der Waals surface area contributed by atoms with E-state index in [0.29, 0.717) is 0 Å². The summed E-state index contributed by atoms with van der Waals surface area (Å²) in [6.07, 6.45) is -22.8. The summed E-state index contributed by atoms with van der Waals surface area (Å²) in [6.45, 7) is -0.643. The van der Waals surface area contributed by atoms with Gasteiger partial charge in [-0.1, -0.05) is 0 Å². The lowest BCUT2D eigenvalue weighted by atomic mass is 9.94. The van der Waals surface area contributed by atoms with Crippen molar-refractivity contribution in [1.29, 1.82) is 0 Å². The van der Waals surface area contributed by atoms with Gasteiger partial charge >= 0.3 is 0 Å². The van der Waals surface area contributed by atoms with Crippen LogP contribution in [0.15, 0.2) is 0 Å². The molecule has 3 aliphatic heterocycles. The molecular formula is C19H34O15. The average molecular weight is 502 g/mol. The van der Waals surface area contributed by atoms with E-state index in [1.165, 1.54) is 6.92 Å². The normalized spacial score (nSPS) is 52.5. The second-order valence-electron chi connectivity index (χ2n) is 8.65. The molecular weight excluding hydrogens is 468 g/mol. The van der Waals surface area contributed by atoms with Crippen LogP contribution in [0.2, 0.25) is 0 Å². The van der Waals surface area contributed by atoms with Gasteiger partial charge in [-0.25, -0.2) is 0 Å².